The van der Waals surface area contributed by atoms with Crippen LogP contribution in [0.1, 0.15) is 19.4 Å². The van der Waals surface area contributed by atoms with Crippen LogP contribution in [0.5, 0.6) is 11.5 Å². The van der Waals surface area contributed by atoms with Gasteiger partial charge in [-0.1, -0.05) is 26.0 Å². The lowest BCUT2D eigenvalue weighted by molar-refractivity contribution is -0.119. The van der Waals surface area contributed by atoms with Crippen molar-refractivity contribution in [2.24, 2.45) is 11.7 Å². The maximum absolute atomic E-state index is 10.8. The predicted molar refractivity (Wildman–Crippen MR) is 81.5 cm³/mol. The SMILES string of the molecule is COc1cccc(CNCC(C)C)c1OCC(N)=O.Cl. The molecule has 0 aliphatic carbocycles. The number of methoxy groups -OCH3 is 1. The molecule has 0 fully saturated rings. The standard InChI is InChI=1S/C14H22N2O3.ClH/c1-10(2)7-16-8-11-5-4-6-12(18-3)14(11)19-9-13(15)17;/h4-6,10,16H,7-9H2,1-3H3,(H2,15,17);1H. The Bertz CT molecular complexity index is 425. The van der Waals surface area contributed by atoms with Crippen molar-refractivity contribution in [1.29, 1.82) is 0 Å². The third kappa shape index (κ3) is 6.12. The lowest BCUT2D eigenvalue weighted by Gasteiger charge is -2.15. The number of nitrogens with one attached hydrogen (secondary N) is 1. The molecule has 0 aromatic heterocycles. The van der Waals surface area contributed by atoms with E-state index in [4.69, 9.17) is 15.2 Å². The van der Waals surface area contributed by atoms with Gasteiger partial charge in [-0.05, 0) is 18.5 Å². The fourth-order valence-corrected chi connectivity index (χ4v) is 1.66. The second-order valence-corrected chi connectivity index (χ2v) is 4.73. The van der Waals surface area contributed by atoms with Gasteiger partial charge in [-0.15, -0.1) is 12.4 Å². The van der Waals surface area contributed by atoms with E-state index < -0.39 is 5.91 Å². The molecule has 20 heavy (non-hydrogen) atoms. The van der Waals surface area contributed by atoms with E-state index in [0.717, 1.165) is 12.1 Å². The first-order valence-electron chi connectivity index (χ1n) is 6.32. The Morgan fingerprint density at radius 1 is 1.40 bits per heavy atom. The van der Waals surface area contributed by atoms with Crippen LogP contribution in [0, 0.1) is 5.92 Å². The summed E-state index contributed by atoms with van der Waals surface area (Å²) < 4.78 is 10.7. The van der Waals surface area contributed by atoms with Crippen molar-refractivity contribution < 1.29 is 14.3 Å². The maximum Gasteiger partial charge on any atom is 0.255 e. The number of rotatable bonds is 8. The number of amides is 1. The molecule has 1 aromatic carbocycles. The molecule has 1 amide bonds. The molecule has 1 rings (SSSR count). The molecule has 5 nitrogen and oxygen atoms in total. The zero-order valence-electron chi connectivity index (χ0n) is 12.1. The monoisotopic (exact) mass is 302 g/mol. The number of benzene rings is 1. The molecule has 0 aliphatic heterocycles. The van der Waals surface area contributed by atoms with E-state index in [-0.39, 0.29) is 19.0 Å². The number of ether oxygens (including phenoxy) is 2. The molecular weight excluding hydrogens is 280 g/mol. The van der Waals surface area contributed by atoms with Crippen LogP contribution in [0.25, 0.3) is 0 Å². The molecule has 0 saturated heterocycles. The van der Waals surface area contributed by atoms with Crippen molar-refractivity contribution in [3.05, 3.63) is 23.8 Å². The Balaban J connectivity index is 0.00000361. The van der Waals surface area contributed by atoms with Crippen molar-refractivity contribution >= 4 is 18.3 Å². The first kappa shape index (κ1) is 18.5. The van der Waals surface area contributed by atoms with Crippen LogP contribution in [0.4, 0.5) is 0 Å². The second kappa shape index (κ2) is 9.44. The molecule has 114 valence electrons. The summed E-state index contributed by atoms with van der Waals surface area (Å²) in [5.41, 5.74) is 6.05. The number of halogens is 1. The topological polar surface area (TPSA) is 73.6 Å². The zero-order valence-corrected chi connectivity index (χ0v) is 13.0. The molecule has 0 aliphatic rings. The highest BCUT2D eigenvalue weighted by Crippen LogP contribution is 2.30. The highest BCUT2D eigenvalue weighted by Gasteiger charge is 2.11. The number of hydrogen-bond donors (Lipinski definition) is 2. The summed E-state index contributed by atoms with van der Waals surface area (Å²) in [5, 5.41) is 3.33. The summed E-state index contributed by atoms with van der Waals surface area (Å²) in [4.78, 5) is 10.8. The van der Waals surface area contributed by atoms with E-state index in [0.29, 0.717) is 24.0 Å². The Kier molecular flexibility index (Phi) is 8.76. The molecule has 0 atom stereocenters. The molecule has 0 saturated carbocycles. The molecule has 6 heteroatoms. The number of para-hydroxylation sites is 1. The number of carbonyl (C=O) groups excluding carboxylic acids is 1. The first-order valence-corrected chi connectivity index (χ1v) is 6.32. The van der Waals surface area contributed by atoms with Crippen LogP contribution >= 0.6 is 12.4 Å². The average molecular weight is 303 g/mol. The molecule has 3 N–H and O–H groups in total. The van der Waals surface area contributed by atoms with Gasteiger partial charge >= 0.3 is 0 Å². The molecule has 0 unspecified atom stereocenters. The summed E-state index contributed by atoms with van der Waals surface area (Å²) in [6.45, 7) is 5.69. The normalized spacial score (nSPS) is 10.0. The minimum atomic E-state index is -0.507. The van der Waals surface area contributed by atoms with E-state index >= 15 is 0 Å². The fraction of sp³-hybridized carbons (Fsp3) is 0.500. The van der Waals surface area contributed by atoms with Gasteiger partial charge in [0.25, 0.3) is 5.91 Å². The largest absolute Gasteiger partial charge is 0.493 e. The van der Waals surface area contributed by atoms with Gasteiger partial charge in [0.15, 0.2) is 18.1 Å². The van der Waals surface area contributed by atoms with Crippen molar-refractivity contribution in [3.63, 3.8) is 0 Å². The number of nitrogens with two attached hydrogens (primary N) is 1. The molecule has 0 radical (unpaired) electrons. The van der Waals surface area contributed by atoms with Gasteiger partial charge in [0.2, 0.25) is 0 Å². The second-order valence-electron chi connectivity index (χ2n) is 4.73. The number of primary amides is 1. The van der Waals surface area contributed by atoms with Crippen molar-refractivity contribution in [3.8, 4) is 11.5 Å². The quantitative estimate of drug-likeness (QED) is 0.767. The van der Waals surface area contributed by atoms with Gasteiger partial charge in [0.05, 0.1) is 7.11 Å². The molecule has 1 aromatic rings. The van der Waals surface area contributed by atoms with E-state index in [1.807, 2.05) is 12.1 Å². The van der Waals surface area contributed by atoms with Crippen LogP contribution < -0.4 is 20.5 Å². The van der Waals surface area contributed by atoms with E-state index in [1.165, 1.54) is 0 Å². The van der Waals surface area contributed by atoms with Crippen LogP contribution in [-0.2, 0) is 11.3 Å². The summed E-state index contributed by atoms with van der Waals surface area (Å²) in [6.07, 6.45) is 0. The van der Waals surface area contributed by atoms with Crippen LogP contribution in [0.2, 0.25) is 0 Å². The third-order valence-corrected chi connectivity index (χ3v) is 2.51. The highest BCUT2D eigenvalue weighted by molar-refractivity contribution is 5.85. The predicted octanol–water partition coefficient (Wildman–Crippen LogP) is 1.73. The van der Waals surface area contributed by atoms with Crippen LogP contribution in [-0.4, -0.2) is 26.2 Å². The van der Waals surface area contributed by atoms with Crippen LogP contribution in [0.3, 0.4) is 0 Å². The van der Waals surface area contributed by atoms with Gasteiger partial charge in [-0.3, -0.25) is 4.79 Å². The lowest BCUT2D eigenvalue weighted by atomic mass is 10.1. The van der Waals surface area contributed by atoms with Gasteiger partial charge in [-0.25, -0.2) is 0 Å². The number of hydrogen-bond acceptors (Lipinski definition) is 4. The molecule has 0 heterocycles. The minimum absolute atomic E-state index is 0. The van der Waals surface area contributed by atoms with Crippen LogP contribution in [0.15, 0.2) is 18.2 Å². The van der Waals surface area contributed by atoms with Crippen molar-refractivity contribution in [2.75, 3.05) is 20.3 Å². The Labute approximate surface area is 126 Å². The number of carbonyl (C=O) groups is 1. The third-order valence-electron chi connectivity index (χ3n) is 2.51. The van der Waals surface area contributed by atoms with Gasteiger partial charge in [0.1, 0.15) is 0 Å². The minimum Gasteiger partial charge on any atom is -0.493 e. The molecule has 0 bridgehead atoms. The maximum atomic E-state index is 10.8. The summed E-state index contributed by atoms with van der Waals surface area (Å²) in [5.74, 6) is 1.23. The fourth-order valence-electron chi connectivity index (χ4n) is 1.66. The summed E-state index contributed by atoms with van der Waals surface area (Å²) in [7, 11) is 1.57. The first-order chi connectivity index (χ1) is 9.04. The Morgan fingerprint density at radius 3 is 2.65 bits per heavy atom. The van der Waals surface area contributed by atoms with Gasteiger partial charge in [0, 0.05) is 12.1 Å². The van der Waals surface area contributed by atoms with E-state index in [1.54, 1.807) is 13.2 Å². The summed E-state index contributed by atoms with van der Waals surface area (Å²) in [6, 6.07) is 5.62. The molecule has 0 spiro atoms. The summed E-state index contributed by atoms with van der Waals surface area (Å²) >= 11 is 0. The van der Waals surface area contributed by atoms with Gasteiger partial charge < -0.3 is 20.5 Å². The Morgan fingerprint density at radius 2 is 2.10 bits per heavy atom. The van der Waals surface area contributed by atoms with E-state index in [9.17, 15) is 4.79 Å². The lowest BCUT2D eigenvalue weighted by Crippen LogP contribution is -2.22. The zero-order chi connectivity index (χ0) is 14.3. The van der Waals surface area contributed by atoms with Crippen molar-refractivity contribution in [2.45, 2.75) is 20.4 Å². The highest BCUT2D eigenvalue weighted by atomic mass is 35.5. The Hall–Kier alpha value is -1.46. The van der Waals surface area contributed by atoms with Gasteiger partial charge in [-0.2, -0.15) is 0 Å². The van der Waals surface area contributed by atoms with Crippen molar-refractivity contribution in [1.82, 2.24) is 5.32 Å². The smallest absolute Gasteiger partial charge is 0.255 e. The average Bonchev–Trinajstić information content (AvgIpc) is 2.36. The molecular formula is C14H23ClN2O3. The van der Waals surface area contributed by atoms with E-state index in [2.05, 4.69) is 19.2 Å².